The molecule has 0 radical (unpaired) electrons. The molecule has 1 aromatic rings. The van der Waals surface area contributed by atoms with E-state index >= 15 is 0 Å². The molecule has 76 valence electrons. The standard InChI is InChI=1S/C10H14N2O2/c1-10(2,14)7-12-9(13)8-5-3-4-6-11-8/h3-6,14H,7H2,1-2H3,(H,12,13). The van der Waals surface area contributed by atoms with E-state index in [1.165, 1.54) is 0 Å². The van der Waals surface area contributed by atoms with Gasteiger partial charge in [-0.25, -0.2) is 0 Å². The number of carbonyl (C=O) groups excluding carboxylic acids is 1. The van der Waals surface area contributed by atoms with Crippen molar-refractivity contribution in [3.05, 3.63) is 30.1 Å². The quantitative estimate of drug-likeness (QED) is 0.740. The number of nitrogens with one attached hydrogen (secondary N) is 1. The van der Waals surface area contributed by atoms with E-state index in [9.17, 15) is 9.90 Å². The summed E-state index contributed by atoms with van der Waals surface area (Å²) in [5.74, 6) is -0.271. The van der Waals surface area contributed by atoms with E-state index in [0.29, 0.717) is 5.69 Å². The molecule has 0 aromatic carbocycles. The molecule has 1 rings (SSSR count). The summed E-state index contributed by atoms with van der Waals surface area (Å²) in [6.07, 6.45) is 1.55. The van der Waals surface area contributed by atoms with Crippen LogP contribution in [-0.2, 0) is 0 Å². The lowest BCUT2D eigenvalue weighted by Gasteiger charge is -2.17. The molecule has 0 aliphatic rings. The summed E-state index contributed by atoms with van der Waals surface area (Å²) >= 11 is 0. The van der Waals surface area contributed by atoms with Crippen molar-refractivity contribution in [2.24, 2.45) is 0 Å². The molecule has 0 saturated heterocycles. The third-order valence-corrected chi connectivity index (χ3v) is 1.58. The van der Waals surface area contributed by atoms with Crippen molar-refractivity contribution < 1.29 is 9.90 Å². The SMILES string of the molecule is CC(C)(O)CNC(=O)c1ccccn1. The smallest absolute Gasteiger partial charge is 0.269 e. The summed E-state index contributed by atoms with van der Waals surface area (Å²) in [5.41, 5.74) is -0.540. The van der Waals surface area contributed by atoms with Gasteiger partial charge in [-0.3, -0.25) is 9.78 Å². The van der Waals surface area contributed by atoms with Gasteiger partial charge in [0.05, 0.1) is 5.60 Å². The number of hydrogen-bond donors (Lipinski definition) is 2. The Morgan fingerprint density at radius 3 is 2.79 bits per heavy atom. The van der Waals surface area contributed by atoms with E-state index < -0.39 is 5.60 Å². The molecule has 0 aliphatic carbocycles. The van der Waals surface area contributed by atoms with Crippen LogP contribution in [0.4, 0.5) is 0 Å². The predicted octanol–water partition coefficient (Wildman–Crippen LogP) is 0.582. The maximum Gasteiger partial charge on any atom is 0.269 e. The number of aromatic nitrogens is 1. The Kier molecular flexibility index (Phi) is 3.19. The number of carbonyl (C=O) groups is 1. The first-order chi connectivity index (χ1) is 6.49. The van der Waals surface area contributed by atoms with Gasteiger partial charge in [-0.15, -0.1) is 0 Å². The van der Waals surface area contributed by atoms with E-state index in [1.54, 1.807) is 38.2 Å². The van der Waals surface area contributed by atoms with Gasteiger partial charge in [-0.05, 0) is 26.0 Å². The Morgan fingerprint density at radius 1 is 1.57 bits per heavy atom. The van der Waals surface area contributed by atoms with Gasteiger partial charge in [-0.2, -0.15) is 0 Å². The summed E-state index contributed by atoms with van der Waals surface area (Å²) in [5, 5.41) is 12.0. The van der Waals surface area contributed by atoms with Crippen LogP contribution < -0.4 is 5.32 Å². The van der Waals surface area contributed by atoms with Gasteiger partial charge in [0.2, 0.25) is 0 Å². The lowest BCUT2D eigenvalue weighted by atomic mass is 10.1. The highest BCUT2D eigenvalue weighted by Crippen LogP contribution is 1.99. The number of hydrogen-bond acceptors (Lipinski definition) is 3. The van der Waals surface area contributed by atoms with Crippen LogP contribution in [0.3, 0.4) is 0 Å². The second-order valence-electron chi connectivity index (χ2n) is 3.71. The zero-order valence-electron chi connectivity index (χ0n) is 8.32. The lowest BCUT2D eigenvalue weighted by Crippen LogP contribution is -2.38. The monoisotopic (exact) mass is 194 g/mol. The molecular weight excluding hydrogens is 180 g/mol. The van der Waals surface area contributed by atoms with Crippen LogP contribution in [0.1, 0.15) is 24.3 Å². The van der Waals surface area contributed by atoms with Crippen molar-refractivity contribution in [3.63, 3.8) is 0 Å². The van der Waals surface area contributed by atoms with Gasteiger partial charge < -0.3 is 10.4 Å². The molecule has 0 bridgehead atoms. The van der Waals surface area contributed by atoms with Crippen LogP contribution in [-0.4, -0.2) is 28.1 Å². The summed E-state index contributed by atoms with van der Waals surface area (Å²) in [6, 6.07) is 5.11. The fourth-order valence-corrected chi connectivity index (χ4v) is 0.884. The number of amides is 1. The minimum absolute atomic E-state index is 0.211. The number of nitrogens with zero attached hydrogens (tertiary/aromatic N) is 1. The zero-order valence-corrected chi connectivity index (χ0v) is 8.32. The average Bonchev–Trinajstić information content (AvgIpc) is 2.14. The van der Waals surface area contributed by atoms with Crippen molar-refractivity contribution in [3.8, 4) is 0 Å². The van der Waals surface area contributed by atoms with E-state index in [2.05, 4.69) is 10.3 Å². The second kappa shape index (κ2) is 4.19. The molecule has 1 heterocycles. The lowest BCUT2D eigenvalue weighted by molar-refractivity contribution is 0.0692. The second-order valence-corrected chi connectivity index (χ2v) is 3.71. The molecule has 2 N–H and O–H groups in total. The molecule has 0 saturated carbocycles. The summed E-state index contributed by atoms with van der Waals surface area (Å²) < 4.78 is 0. The van der Waals surface area contributed by atoms with E-state index in [4.69, 9.17) is 0 Å². The molecule has 1 amide bonds. The topological polar surface area (TPSA) is 62.2 Å². The van der Waals surface area contributed by atoms with Crippen molar-refractivity contribution in [2.45, 2.75) is 19.4 Å². The fraction of sp³-hybridized carbons (Fsp3) is 0.400. The highest BCUT2D eigenvalue weighted by molar-refractivity contribution is 5.92. The molecule has 14 heavy (non-hydrogen) atoms. The van der Waals surface area contributed by atoms with Crippen molar-refractivity contribution in [1.29, 1.82) is 0 Å². The first-order valence-electron chi connectivity index (χ1n) is 4.41. The third kappa shape index (κ3) is 3.53. The van der Waals surface area contributed by atoms with Crippen molar-refractivity contribution in [1.82, 2.24) is 10.3 Å². The first kappa shape index (κ1) is 10.7. The van der Waals surface area contributed by atoms with Crippen LogP contribution in [0.25, 0.3) is 0 Å². The molecule has 1 aromatic heterocycles. The van der Waals surface area contributed by atoms with Gasteiger partial charge in [0, 0.05) is 12.7 Å². The predicted molar refractivity (Wildman–Crippen MR) is 52.9 cm³/mol. The Hall–Kier alpha value is -1.42. The van der Waals surface area contributed by atoms with Gasteiger partial charge in [-0.1, -0.05) is 6.07 Å². The minimum Gasteiger partial charge on any atom is -0.389 e. The summed E-state index contributed by atoms with van der Waals surface area (Å²) in [6.45, 7) is 3.47. The highest BCUT2D eigenvalue weighted by atomic mass is 16.3. The highest BCUT2D eigenvalue weighted by Gasteiger charge is 2.14. The van der Waals surface area contributed by atoms with E-state index in [0.717, 1.165) is 0 Å². The van der Waals surface area contributed by atoms with Crippen LogP contribution in [0.5, 0.6) is 0 Å². The minimum atomic E-state index is -0.898. The molecule has 4 heteroatoms. The molecule has 4 nitrogen and oxygen atoms in total. The van der Waals surface area contributed by atoms with Gasteiger partial charge in [0.1, 0.15) is 5.69 Å². The molecule has 0 atom stereocenters. The van der Waals surface area contributed by atoms with Crippen molar-refractivity contribution in [2.75, 3.05) is 6.54 Å². The third-order valence-electron chi connectivity index (χ3n) is 1.58. The van der Waals surface area contributed by atoms with Crippen LogP contribution in [0.15, 0.2) is 24.4 Å². The molecular formula is C10H14N2O2. The Balaban J connectivity index is 2.52. The summed E-state index contributed by atoms with van der Waals surface area (Å²) in [4.78, 5) is 15.3. The van der Waals surface area contributed by atoms with Crippen LogP contribution in [0.2, 0.25) is 0 Å². The Morgan fingerprint density at radius 2 is 2.29 bits per heavy atom. The normalized spacial score (nSPS) is 11.1. The van der Waals surface area contributed by atoms with Crippen molar-refractivity contribution >= 4 is 5.91 Å². The van der Waals surface area contributed by atoms with Crippen LogP contribution >= 0.6 is 0 Å². The van der Waals surface area contributed by atoms with Gasteiger partial charge in [0.15, 0.2) is 0 Å². The molecule has 0 unspecified atom stereocenters. The number of pyridine rings is 1. The maximum atomic E-state index is 11.4. The van der Waals surface area contributed by atoms with E-state index in [1.807, 2.05) is 0 Å². The molecule has 0 fully saturated rings. The molecule has 0 aliphatic heterocycles. The zero-order chi connectivity index (χ0) is 10.6. The summed E-state index contributed by atoms with van der Waals surface area (Å²) in [7, 11) is 0. The largest absolute Gasteiger partial charge is 0.389 e. The number of rotatable bonds is 3. The maximum absolute atomic E-state index is 11.4. The molecule has 0 spiro atoms. The fourth-order valence-electron chi connectivity index (χ4n) is 0.884. The van der Waals surface area contributed by atoms with E-state index in [-0.39, 0.29) is 12.5 Å². The Bertz CT molecular complexity index is 304. The van der Waals surface area contributed by atoms with Gasteiger partial charge in [0.25, 0.3) is 5.91 Å². The van der Waals surface area contributed by atoms with Crippen LogP contribution in [0, 0.1) is 0 Å². The number of aliphatic hydroxyl groups is 1. The first-order valence-corrected chi connectivity index (χ1v) is 4.41. The Labute approximate surface area is 83.0 Å². The average molecular weight is 194 g/mol. The van der Waals surface area contributed by atoms with Gasteiger partial charge >= 0.3 is 0 Å².